The van der Waals surface area contributed by atoms with E-state index in [0.717, 1.165) is 43.7 Å². The van der Waals surface area contributed by atoms with Gasteiger partial charge in [-0.3, -0.25) is 4.90 Å². The number of alkyl halides is 1. The van der Waals surface area contributed by atoms with Crippen molar-refractivity contribution < 1.29 is 0 Å². The van der Waals surface area contributed by atoms with Crippen LogP contribution < -0.4 is 0 Å². The fourth-order valence-corrected chi connectivity index (χ4v) is 2.77. The van der Waals surface area contributed by atoms with Gasteiger partial charge in [-0.05, 0) is 39.2 Å². The molecule has 1 aromatic heterocycles. The standard InChI is InChI=1S/C12H21ClN4/c1-10(2)17-12(14-9-15-17)8-16-6-4-11(7-16)3-5-13/h9-11H,3-8H2,1-2H3. The van der Waals surface area contributed by atoms with Gasteiger partial charge in [-0.15, -0.1) is 11.6 Å². The van der Waals surface area contributed by atoms with Crippen LogP contribution in [0.5, 0.6) is 0 Å². The zero-order chi connectivity index (χ0) is 12.3. The summed E-state index contributed by atoms with van der Waals surface area (Å²) in [7, 11) is 0. The van der Waals surface area contributed by atoms with E-state index in [2.05, 4.69) is 28.8 Å². The lowest BCUT2D eigenvalue weighted by atomic mass is 10.1. The van der Waals surface area contributed by atoms with Crippen molar-refractivity contribution in [3.05, 3.63) is 12.2 Å². The topological polar surface area (TPSA) is 34.0 Å². The van der Waals surface area contributed by atoms with Gasteiger partial charge < -0.3 is 0 Å². The molecule has 1 aliphatic rings. The molecule has 96 valence electrons. The van der Waals surface area contributed by atoms with Crippen LogP contribution in [0.3, 0.4) is 0 Å². The summed E-state index contributed by atoms with van der Waals surface area (Å²) in [6, 6.07) is 0.383. The van der Waals surface area contributed by atoms with E-state index in [1.807, 2.05) is 4.68 Å². The molecule has 1 fully saturated rings. The number of nitrogens with zero attached hydrogens (tertiary/aromatic N) is 4. The van der Waals surface area contributed by atoms with E-state index in [1.165, 1.54) is 6.42 Å². The predicted octanol–water partition coefficient (Wildman–Crippen LogP) is 2.31. The lowest BCUT2D eigenvalue weighted by molar-refractivity contribution is 0.296. The summed E-state index contributed by atoms with van der Waals surface area (Å²) in [5.41, 5.74) is 0. The third-order valence-electron chi connectivity index (χ3n) is 3.39. The molecular weight excluding hydrogens is 236 g/mol. The summed E-state index contributed by atoms with van der Waals surface area (Å²) in [6.07, 6.45) is 4.05. The van der Waals surface area contributed by atoms with Crippen molar-refractivity contribution in [3.8, 4) is 0 Å². The molecule has 5 heteroatoms. The number of hydrogen-bond acceptors (Lipinski definition) is 3. The summed E-state index contributed by atoms with van der Waals surface area (Å²) >= 11 is 5.79. The average molecular weight is 257 g/mol. The summed E-state index contributed by atoms with van der Waals surface area (Å²) in [6.45, 7) is 7.50. The first kappa shape index (κ1) is 12.8. The molecule has 0 amide bonds. The first-order valence-electron chi connectivity index (χ1n) is 6.37. The molecule has 1 aromatic rings. The number of hydrogen-bond donors (Lipinski definition) is 0. The molecule has 0 saturated carbocycles. The van der Waals surface area contributed by atoms with Gasteiger partial charge in [-0.2, -0.15) is 5.10 Å². The molecule has 4 nitrogen and oxygen atoms in total. The Morgan fingerprint density at radius 2 is 2.35 bits per heavy atom. The fraction of sp³-hybridized carbons (Fsp3) is 0.833. The summed E-state index contributed by atoms with van der Waals surface area (Å²) in [4.78, 5) is 6.81. The smallest absolute Gasteiger partial charge is 0.141 e. The Kier molecular flexibility index (Phi) is 4.40. The molecule has 1 aliphatic heterocycles. The van der Waals surface area contributed by atoms with Crippen LogP contribution in [0.15, 0.2) is 6.33 Å². The Labute approximate surface area is 108 Å². The van der Waals surface area contributed by atoms with Crippen molar-refractivity contribution in [2.75, 3.05) is 19.0 Å². The maximum atomic E-state index is 5.79. The Bertz CT molecular complexity index is 350. The molecule has 0 aliphatic carbocycles. The van der Waals surface area contributed by atoms with E-state index in [-0.39, 0.29) is 0 Å². The van der Waals surface area contributed by atoms with E-state index < -0.39 is 0 Å². The molecule has 2 rings (SSSR count). The van der Waals surface area contributed by atoms with Crippen molar-refractivity contribution in [1.82, 2.24) is 19.7 Å². The number of rotatable bonds is 5. The average Bonchev–Trinajstić information content (AvgIpc) is 2.89. The molecule has 2 heterocycles. The first-order chi connectivity index (χ1) is 8.20. The first-order valence-corrected chi connectivity index (χ1v) is 6.91. The summed E-state index contributed by atoms with van der Waals surface area (Å²) in [5, 5.41) is 4.27. The minimum absolute atomic E-state index is 0.383. The van der Waals surface area contributed by atoms with Crippen molar-refractivity contribution in [2.24, 2.45) is 5.92 Å². The molecule has 0 radical (unpaired) electrons. The van der Waals surface area contributed by atoms with Gasteiger partial charge >= 0.3 is 0 Å². The van der Waals surface area contributed by atoms with Gasteiger partial charge in [-0.25, -0.2) is 9.67 Å². The van der Waals surface area contributed by atoms with Crippen molar-refractivity contribution >= 4 is 11.6 Å². The molecular formula is C12H21ClN4. The predicted molar refractivity (Wildman–Crippen MR) is 69.1 cm³/mol. The normalized spacial score (nSPS) is 21.5. The van der Waals surface area contributed by atoms with Crippen molar-refractivity contribution in [1.29, 1.82) is 0 Å². The van der Waals surface area contributed by atoms with Gasteiger partial charge in [-0.1, -0.05) is 0 Å². The molecule has 1 saturated heterocycles. The van der Waals surface area contributed by atoms with Crippen LogP contribution in [0.25, 0.3) is 0 Å². The van der Waals surface area contributed by atoms with Crippen LogP contribution in [-0.2, 0) is 6.54 Å². The monoisotopic (exact) mass is 256 g/mol. The molecule has 17 heavy (non-hydrogen) atoms. The van der Waals surface area contributed by atoms with Gasteiger partial charge in [0, 0.05) is 18.5 Å². The third-order valence-corrected chi connectivity index (χ3v) is 3.61. The molecule has 0 N–H and O–H groups in total. The fourth-order valence-electron chi connectivity index (χ4n) is 2.46. The second-order valence-electron chi connectivity index (χ2n) is 5.08. The van der Waals surface area contributed by atoms with E-state index in [9.17, 15) is 0 Å². The highest BCUT2D eigenvalue weighted by Gasteiger charge is 2.23. The Morgan fingerprint density at radius 3 is 3.06 bits per heavy atom. The molecule has 1 unspecified atom stereocenters. The van der Waals surface area contributed by atoms with Gasteiger partial charge in [0.05, 0.1) is 6.54 Å². The number of aromatic nitrogens is 3. The van der Waals surface area contributed by atoms with E-state index >= 15 is 0 Å². The van der Waals surface area contributed by atoms with Crippen LogP contribution in [0.2, 0.25) is 0 Å². The molecule has 0 aromatic carbocycles. The van der Waals surface area contributed by atoms with Crippen LogP contribution in [0.1, 0.15) is 38.6 Å². The maximum absolute atomic E-state index is 5.79. The Hall–Kier alpha value is -0.610. The summed E-state index contributed by atoms with van der Waals surface area (Å²) < 4.78 is 2.01. The lowest BCUT2D eigenvalue weighted by Gasteiger charge is -2.17. The van der Waals surface area contributed by atoms with Crippen molar-refractivity contribution in [3.63, 3.8) is 0 Å². The molecule has 0 spiro atoms. The van der Waals surface area contributed by atoms with Gasteiger partial charge in [0.2, 0.25) is 0 Å². The largest absolute Gasteiger partial charge is 0.296 e. The van der Waals surface area contributed by atoms with E-state index in [4.69, 9.17) is 11.6 Å². The van der Waals surface area contributed by atoms with E-state index in [0.29, 0.717) is 6.04 Å². The molecule has 0 bridgehead atoms. The van der Waals surface area contributed by atoms with Crippen LogP contribution in [-0.4, -0.2) is 38.6 Å². The highest BCUT2D eigenvalue weighted by Crippen LogP contribution is 2.21. The minimum atomic E-state index is 0.383. The minimum Gasteiger partial charge on any atom is -0.296 e. The van der Waals surface area contributed by atoms with Gasteiger partial charge in [0.1, 0.15) is 12.2 Å². The summed E-state index contributed by atoms with van der Waals surface area (Å²) in [5.74, 6) is 2.62. The van der Waals surface area contributed by atoms with Crippen LogP contribution >= 0.6 is 11.6 Å². The van der Waals surface area contributed by atoms with Crippen LogP contribution in [0.4, 0.5) is 0 Å². The third kappa shape index (κ3) is 3.19. The highest BCUT2D eigenvalue weighted by molar-refractivity contribution is 6.17. The molecule has 1 atom stereocenters. The van der Waals surface area contributed by atoms with Gasteiger partial charge in [0.25, 0.3) is 0 Å². The zero-order valence-corrected chi connectivity index (χ0v) is 11.4. The number of halogens is 1. The van der Waals surface area contributed by atoms with E-state index in [1.54, 1.807) is 6.33 Å². The maximum Gasteiger partial charge on any atom is 0.141 e. The second-order valence-corrected chi connectivity index (χ2v) is 5.46. The zero-order valence-electron chi connectivity index (χ0n) is 10.6. The highest BCUT2D eigenvalue weighted by atomic mass is 35.5. The second kappa shape index (κ2) is 5.83. The van der Waals surface area contributed by atoms with Gasteiger partial charge in [0.15, 0.2) is 0 Å². The SMILES string of the molecule is CC(C)n1ncnc1CN1CCC(CCCl)C1. The number of likely N-dealkylation sites (tertiary alicyclic amines) is 1. The Morgan fingerprint density at radius 1 is 1.53 bits per heavy atom. The lowest BCUT2D eigenvalue weighted by Crippen LogP contribution is -2.23. The Balaban J connectivity index is 1.91. The van der Waals surface area contributed by atoms with Crippen LogP contribution in [0, 0.1) is 5.92 Å². The quantitative estimate of drug-likeness (QED) is 0.759. The van der Waals surface area contributed by atoms with Crippen molar-refractivity contribution in [2.45, 2.75) is 39.3 Å².